The fraction of sp³-hybridized carbons (Fsp3) is 0.0833. The summed E-state index contributed by atoms with van der Waals surface area (Å²) < 4.78 is 0. The molecule has 0 atom stereocenters. The molecular weight excluding hydrogens is 218 g/mol. The van der Waals surface area contributed by atoms with E-state index in [1.807, 2.05) is 0 Å². The van der Waals surface area contributed by atoms with Gasteiger partial charge in [0.15, 0.2) is 0 Å². The fourth-order valence-electron chi connectivity index (χ4n) is 1.36. The fourth-order valence-corrected chi connectivity index (χ4v) is 1.36. The van der Waals surface area contributed by atoms with Gasteiger partial charge in [-0.05, 0) is 24.3 Å². The molecule has 0 radical (unpaired) electrons. The summed E-state index contributed by atoms with van der Waals surface area (Å²) in [4.78, 5) is 18.5. The SMILES string of the molecule is O=C(O)c1ccc(NCc2cncnc2)cc1. The first kappa shape index (κ1) is 11.1. The Morgan fingerprint density at radius 2 is 1.82 bits per heavy atom. The molecule has 2 rings (SSSR count). The molecule has 0 saturated carbocycles. The van der Waals surface area contributed by atoms with E-state index >= 15 is 0 Å². The summed E-state index contributed by atoms with van der Waals surface area (Å²) in [5.74, 6) is -0.923. The number of rotatable bonds is 4. The lowest BCUT2D eigenvalue weighted by Gasteiger charge is -2.05. The third-order valence-electron chi connectivity index (χ3n) is 2.24. The highest BCUT2D eigenvalue weighted by molar-refractivity contribution is 5.87. The number of anilines is 1. The Morgan fingerprint density at radius 1 is 1.18 bits per heavy atom. The first-order chi connectivity index (χ1) is 8.25. The van der Waals surface area contributed by atoms with Crippen molar-refractivity contribution in [2.75, 3.05) is 5.32 Å². The minimum Gasteiger partial charge on any atom is -0.478 e. The zero-order valence-corrected chi connectivity index (χ0v) is 9.00. The zero-order chi connectivity index (χ0) is 12.1. The van der Waals surface area contributed by atoms with E-state index in [-0.39, 0.29) is 5.56 Å². The van der Waals surface area contributed by atoms with Gasteiger partial charge in [-0.15, -0.1) is 0 Å². The van der Waals surface area contributed by atoms with Crippen molar-refractivity contribution < 1.29 is 9.90 Å². The first-order valence-electron chi connectivity index (χ1n) is 5.07. The number of benzene rings is 1. The highest BCUT2D eigenvalue weighted by Crippen LogP contribution is 2.10. The maximum atomic E-state index is 10.7. The van der Waals surface area contributed by atoms with Crippen molar-refractivity contribution >= 4 is 11.7 Å². The van der Waals surface area contributed by atoms with Gasteiger partial charge in [-0.1, -0.05) is 0 Å². The van der Waals surface area contributed by atoms with Crippen LogP contribution in [0.4, 0.5) is 5.69 Å². The molecule has 0 aliphatic heterocycles. The van der Waals surface area contributed by atoms with E-state index in [0.717, 1.165) is 11.3 Å². The van der Waals surface area contributed by atoms with Crippen LogP contribution in [0.2, 0.25) is 0 Å². The number of nitrogens with zero attached hydrogens (tertiary/aromatic N) is 2. The lowest BCUT2D eigenvalue weighted by atomic mass is 10.2. The number of hydrogen-bond acceptors (Lipinski definition) is 4. The van der Waals surface area contributed by atoms with Crippen LogP contribution in [0.15, 0.2) is 43.0 Å². The number of aromatic carboxylic acids is 1. The normalized spacial score (nSPS) is 9.88. The average Bonchev–Trinajstić information content (AvgIpc) is 2.38. The van der Waals surface area contributed by atoms with Gasteiger partial charge < -0.3 is 10.4 Å². The van der Waals surface area contributed by atoms with Gasteiger partial charge in [-0.2, -0.15) is 0 Å². The van der Waals surface area contributed by atoms with Crippen LogP contribution in [-0.2, 0) is 6.54 Å². The molecule has 0 spiro atoms. The van der Waals surface area contributed by atoms with Crippen molar-refractivity contribution in [3.8, 4) is 0 Å². The molecule has 0 aliphatic carbocycles. The van der Waals surface area contributed by atoms with Crippen molar-refractivity contribution in [2.24, 2.45) is 0 Å². The van der Waals surface area contributed by atoms with Crippen molar-refractivity contribution in [1.82, 2.24) is 9.97 Å². The topological polar surface area (TPSA) is 75.1 Å². The molecular formula is C12H11N3O2. The van der Waals surface area contributed by atoms with E-state index in [4.69, 9.17) is 5.11 Å². The van der Waals surface area contributed by atoms with Crippen LogP contribution in [0, 0.1) is 0 Å². The Hall–Kier alpha value is -2.43. The molecule has 1 heterocycles. The molecule has 17 heavy (non-hydrogen) atoms. The predicted octanol–water partition coefficient (Wildman–Crippen LogP) is 1.79. The molecule has 0 fully saturated rings. The minimum absolute atomic E-state index is 0.276. The summed E-state index contributed by atoms with van der Waals surface area (Å²) in [7, 11) is 0. The second kappa shape index (κ2) is 5.07. The largest absolute Gasteiger partial charge is 0.478 e. The second-order valence-electron chi connectivity index (χ2n) is 3.48. The number of carbonyl (C=O) groups is 1. The van der Waals surface area contributed by atoms with Crippen LogP contribution in [0.1, 0.15) is 15.9 Å². The number of nitrogens with one attached hydrogen (secondary N) is 1. The second-order valence-corrected chi connectivity index (χ2v) is 3.48. The van der Waals surface area contributed by atoms with E-state index in [1.165, 1.54) is 6.33 Å². The van der Waals surface area contributed by atoms with Gasteiger partial charge >= 0.3 is 5.97 Å². The molecule has 0 bridgehead atoms. The van der Waals surface area contributed by atoms with Crippen LogP contribution in [-0.4, -0.2) is 21.0 Å². The lowest BCUT2D eigenvalue weighted by molar-refractivity contribution is 0.0697. The average molecular weight is 229 g/mol. The summed E-state index contributed by atoms with van der Waals surface area (Å²) >= 11 is 0. The van der Waals surface area contributed by atoms with E-state index < -0.39 is 5.97 Å². The van der Waals surface area contributed by atoms with Gasteiger partial charge in [0.25, 0.3) is 0 Å². The van der Waals surface area contributed by atoms with Gasteiger partial charge in [-0.3, -0.25) is 0 Å². The number of aromatic nitrogens is 2. The zero-order valence-electron chi connectivity index (χ0n) is 9.00. The number of carboxylic acids is 1. The molecule has 2 N–H and O–H groups in total. The highest BCUT2D eigenvalue weighted by Gasteiger charge is 2.01. The molecule has 0 aliphatic rings. The minimum atomic E-state index is -0.923. The summed E-state index contributed by atoms with van der Waals surface area (Å²) in [6.07, 6.45) is 4.93. The standard InChI is InChI=1S/C12H11N3O2/c16-12(17)10-1-3-11(4-2-10)15-7-9-5-13-8-14-6-9/h1-6,8,15H,7H2,(H,16,17). The van der Waals surface area contributed by atoms with E-state index in [9.17, 15) is 4.79 Å². The van der Waals surface area contributed by atoms with Gasteiger partial charge in [-0.25, -0.2) is 14.8 Å². The van der Waals surface area contributed by atoms with Gasteiger partial charge in [0.2, 0.25) is 0 Å². The van der Waals surface area contributed by atoms with E-state index in [1.54, 1.807) is 36.7 Å². The molecule has 2 aromatic rings. The van der Waals surface area contributed by atoms with Crippen molar-refractivity contribution in [1.29, 1.82) is 0 Å². The maximum Gasteiger partial charge on any atom is 0.335 e. The van der Waals surface area contributed by atoms with Crippen LogP contribution < -0.4 is 5.32 Å². The van der Waals surface area contributed by atoms with Gasteiger partial charge in [0, 0.05) is 30.2 Å². The highest BCUT2D eigenvalue weighted by atomic mass is 16.4. The maximum absolute atomic E-state index is 10.7. The van der Waals surface area contributed by atoms with E-state index in [2.05, 4.69) is 15.3 Å². The van der Waals surface area contributed by atoms with E-state index in [0.29, 0.717) is 6.54 Å². The third-order valence-corrected chi connectivity index (χ3v) is 2.24. The molecule has 0 unspecified atom stereocenters. The van der Waals surface area contributed by atoms with Crippen molar-refractivity contribution in [3.05, 3.63) is 54.1 Å². The number of carboxylic acid groups (broad SMARTS) is 1. The molecule has 1 aromatic carbocycles. The van der Waals surface area contributed by atoms with Gasteiger partial charge in [0.05, 0.1) is 5.56 Å². The lowest BCUT2D eigenvalue weighted by Crippen LogP contribution is -2.01. The summed E-state index contributed by atoms with van der Waals surface area (Å²) in [5.41, 5.74) is 2.10. The molecule has 0 saturated heterocycles. The van der Waals surface area contributed by atoms with Crippen LogP contribution in [0.3, 0.4) is 0 Å². The Bertz CT molecular complexity index is 497. The van der Waals surface area contributed by atoms with Crippen LogP contribution in [0.25, 0.3) is 0 Å². The summed E-state index contributed by atoms with van der Waals surface area (Å²) in [6, 6.07) is 6.58. The van der Waals surface area contributed by atoms with Crippen LogP contribution >= 0.6 is 0 Å². The molecule has 5 heteroatoms. The summed E-state index contributed by atoms with van der Waals surface area (Å²) in [6.45, 7) is 0.604. The molecule has 5 nitrogen and oxygen atoms in total. The Labute approximate surface area is 98.2 Å². The predicted molar refractivity (Wildman–Crippen MR) is 62.8 cm³/mol. The Kier molecular flexibility index (Phi) is 3.30. The number of hydrogen-bond donors (Lipinski definition) is 2. The monoisotopic (exact) mass is 229 g/mol. The van der Waals surface area contributed by atoms with Crippen LogP contribution in [0.5, 0.6) is 0 Å². The molecule has 0 amide bonds. The third kappa shape index (κ3) is 3.01. The summed E-state index contributed by atoms with van der Waals surface area (Å²) in [5, 5.41) is 11.9. The molecule has 1 aromatic heterocycles. The molecule has 86 valence electrons. The quantitative estimate of drug-likeness (QED) is 0.835. The first-order valence-corrected chi connectivity index (χ1v) is 5.07. The van der Waals surface area contributed by atoms with Crippen molar-refractivity contribution in [2.45, 2.75) is 6.54 Å². The van der Waals surface area contributed by atoms with Crippen molar-refractivity contribution in [3.63, 3.8) is 0 Å². The Balaban J connectivity index is 1.98. The Morgan fingerprint density at radius 3 is 2.41 bits per heavy atom. The van der Waals surface area contributed by atoms with Gasteiger partial charge in [0.1, 0.15) is 6.33 Å². The smallest absolute Gasteiger partial charge is 0.335 e.